The van der Waals surface area contributed by atoms with E-state index < -0.39 is 12.0 Å². The van der Waals surface area contributed by atoms with Crippen LogP contribution in [0.5, 0.6) is 23.0 Å². The summed E-state index contributed by atoms with van der Waals surface area (Å²) in [5.41, 5.74) is 5.59. The molecule has 2 amide bonds. The van der Waals surface area contributed by atoms with E-state index in [-0.39, 0.29) is 45.4 Å². The molecule has 4 rings (SSSR count). The van der Waals surface area contributed by atoms with Crippen LogP contribution in [0.25, 0.3) is 0 Å². The fourth-order valence-corrected chi connectivity index (χ4v) is 5.73. The predicted octanol–water partition coefficient (Wildman–Crippen LogP) is 10.8. The van der Waals surface area contributed by atoms with E-state index in [1.807, 2.05) is 64.1 Å². The van der Waals surface area contributed by atoms with E-state index in [2.05, 4.69) is 17.6 Å². The number of anilines is 2. The summed E-state index contributed by atoms with van der Waals surface area (Å²) in [6.45, 7) is 13.1. The third-order valence-electron chi connectivity index (χ3n) is 7.78. The molecule has 0 aliphatic carbocycles. The molecule has 8 nitrogen and oxygen atoms in total. The lowest BCUT2D eigenvalue weighted by Gasteiger charge is -2.21. The molecule has 4 N–H and O–H groups in total. The third-order valence-corrected chi connectivity index (χ3v) is 9.49. The molecular weight excluding hydrogens is 722 g/mol. The summed E-state index contributed by atoms with van der Waals surface area (Å²) in [5, 5.41) is 26.4. The second-order valence-electron chi connectivity index (χ2n) is 12.0. The van der Waals surface area contributed by atoms with Crippen molar-refractivity contribution in [3.63, 3.8) is 0 Å². The quantitative estimate of drug-likeness (QED) is 0.113. The average Bonchev–Trinajstić information content (AvgIpc) is 3.06. The van der Waals surface area contributed by atoms with Crippen LogP contribution < -0.4 is 20.1 Å². The summed E-state index contributed by atoms with van der Waals surface area (Å²) in [7, 11) is 0. The number of hydrogen-bond acceptors (Lipinski definition) is 6. The second-order valence-corrected chi connectivity index (χ2v) is 13.6. The number of aryl methyl sites for hydroxylation is 4. The zero-order chi connectivity index (χ0) is 37.3. The van der Waals surface area contributed by atoms with Gasteiger partial charge in [-0.05, 0) is 101 Å². The first kappa shape index (κ1) is 40.6. The van der Waals surface area contributed by atoms with Gasteiger partial charge in [0.15, 0.2) is 24.2 Å². The van der Waals surface area contributed by atoms with Crippen LogP contribution in [0.3, 0.4) is 0 Å². The predicted molar refractivity (Wildman–Crippen MR) is 204 cm³/mol. The molecule has 0 bridgehead atoms. The van der Waals surface area contributed by atoms with Crippen molar-refractivity contribution < 1.29 is 29.3 Å². The lowest BCUT2D eigenvalue weighted by Crippen LogP contribution is -2.33. The zero-order valence-corrected chi connectivity index (χ0v) is 32.1. The Morgan fingerprint density at radius 2 is 1.20 bits per heavy atom. The molecule has 4 aromatic carbocycles. The monoisotopic (exact) mass is 762 g/mol. The first-order valence-corrected chi connectivity index (χ1v) is 17.4. The van der Waals surface area contributed by atoms with Gasteiger partial charge in [0.25, 0.3) is 11.8 Å². The highest BCUT2D eigenvalue weighted by atomic mass is 35.5. The van der Waals surface area contributed by atoms with E-state index in [4.69, 9.17) is 55.9 Å². The van der Waals surface area contributed by atoms with Crippen LogP contribution in [0.4, 0.5) is 11.4 Å². The van der Waals surface area contributed by atoms with E-state index in [0.717, 1.165) is 35.1 Å². The molecule has 12 heteroatoms. The Bertz CT molecular complexity index is 1860. The van der Waals surface area contributed by atoms with E-state index in [1.54, 1.807) is 13.8 Å². The molecule has 0 aliphatic rings. The highest BCUT2D eigenvalue weighted by Gasteiger charge is 2.23. The largest absolute Gasteiger partial charge is 0.504 e. The SMILES string of the molecule is CCCCC(Oc1ccc(C)cc1C)C(=O)Nc1cc(Cl)c(C)c(Cl)c1O.Cc1ccc(OCC(=O)Nc2cc(Cl)c(C)c(Cl)c2O)c(C)c1. The van der Waals surface area contributed by atoms with Gasteiger partial charge in [0.05, 0.1) is 21.4 Å². The van der Waals surface area contributed by atoms with Gasteiger partial charge in [-0.25, -0.2) is 0 Å². The summed E-state index contributed by atoms with van der Waals surface area (Å²) in [6, 6.07) is 14.5. The summed E-state index contributed by atoms with van der Waals surface area (Å²) in [5.74, 6) is 0.114. The van der Waals surface area contributed by atoms with Gasteiger partial charge in [0.1, 0.15) is 11.5 Å². The number of unbranched alkanes of at least 4 members (excludes halogenated alkanes) is 1. The van der Waals surface area contributed by atoms with E-state index in [0.29, 0.717) is 39.1 Å². The van der Waals surface area contributed by atoms with Crippen LogP contribution in [-0.2, 0) is 9.59 Å². The van der Waals surface area contributed by atoms with Crippen LogP contribution in [0.2, 0.25) is 20.1 Å². The van der Waals surface area contributed by atoms with Crippen molar-refractivity contribution in [1.29, 1.82) is 0 Å². The molecule has 0 saturated carbocycles. The Kier molecular flexibility index (Phi) is 15.0. The summed E-state index contributed by atoms with van der Waals surface area (Å²) in [6.07, 6.45) is 1.64. The minimum atomic E-state index is -0.690. The maximum absolute atomic E-state index is 12.8. The van der Waals surface area contributed by atoms with Gasteiger partial charge in [-0.15, -0.1) is 0 Å². The maximum atomic E-state index is 12.8. The number of phenolic OH excluding ortho intramolecular Hbond substituents is 2. The molecule has 50 heavy (non-hydrogen) atoms. The van der Waals surface area contributed by atoms with E-state index >= 15 is 0 Å². The Morgan fingerprint density at radius 1 is 0.720 bits per heavy atom. The number of halogens is 4. The molecule has 0 aliphatic heterocycles. The van der Waals surface area contributed by atoms with Crippen LogP contribution in [0.15, 0.2) is 48.5 Å². The van der Waals surface area contributed by atoms with Crippen molar-refractivity contribution in [1.82, 2.24) is 0 Å². The van der Waals surface area contributed by atoms with E-state index in [9.17, 15) is 19.8 Å². The van der Waals surface area contributed by atoms with Crippen LogP contribution >= 0.6 is 46.4 Å². The van der Waals surface area contributed by atoms with Crippen molar-refractivity contribution in [2.24, 2.45) is 0 Å². The highest BCUT2D eigenvalue weighted by molar-refractivity contribution is 6.38. The number of amides is 2. The second kappa shape index (κ2) is 18.4. The Morgan fingerprint density at radius 3 is 1.68 bits per heavy atom. The number of rotatable bonds is 11. The topological polar surface area (TPSA) is 117 Å². The van der Waals surface area contributed by atoms with Crippen LogP contribution in [0, 0.1) is 41.5 Å². The molecule has 1 atom stereocenters. The van der Waals surface area contributed by atoms with Crippen LogP contribution in [-0.4, -0.2) is 34.7 Å². The molecule has 0 spiro atoms. The molecule has 4 aromatic rings. The van der Waals surface area contributed by atoms with Crippen molar-refractivity contribution in [3.8, 4) is 23.0 Å². The van der Waals surface area contributed by atoms with Gasteiger partial charge < -0.3 is 30.3 Å². The van der Waals surface area contributed by atoms with Gasteiger partial charge in [0, 0.05) is 10.0 Å². The van der Waals surface area contributed by atoms with Gasteiger partial charge in [-0.3, -0.25) is 9.59 Å². The molecule has 0 heterocycles. The smallest absolute Gasteiger partial charge is 0.265 e. The molecule has 268 valence electrons. The number of nitrogens with one attached hydrogen (secondary N) is 2. The van der Waals surface area contributed by atoms with Crippen molar-refractivity contribution in [3.05, 3.63) is 102 Å². The minimum absolute atomic E-state index is 0.114. The van der Waals surface area contributed by atoms with Gasteiger partial charge >= 0.3 is 0 Å². The minimum Gasteiger partial charge on any atom is -0.504 e. The summed E-state index contributed by atoms with van der Waals surface area (Å²) >= 11 is 24.2. The van der Waals surface area contributed by atoms with Gasteiger partial charge in [-0.1, -0.05) is 95.1 Å². The van der Waals surface area contributed by atoms with Gasteiger partial charge in [-0.2, -0.15) is 0 Å². The lowest BCUT2D eigenvalue weighted by atomic mass is 10.1. The fourth-order valence-electron chi connectivity index (χ4n) is 4.82. The number of carbonyl (C=O) groups is 2. The molecular formula is C38H42Cl4N2O6. The molecule has 0 fully saturated rings. The standard InChI is InChI=1S/C21H25Cl2NO3.C17H17Cl2NO3/c1-5-6-7-18(27-17-9-8-12(2)10-13(17)3)21(26)24-16-11-15(22)14(4)19(23)20(16)25;1-9-4-5-14(10(2)6-9)23-8-15(21)20-13-7-12(18)11(3)16(19)17(13)22/h8-11,18,25H,5-7H2,1-4H3,(H,24,26);4-7,22H,8H2,1-3H3,(H,20,21). The van der Waals surface area contributed by atoms with E-state index in [1.165, 1.54) is 12.1 Å². The first-order chi connectivity index (χ1) is 23.5. The number of benzene rings is 4. The fraction of sp³-hybridized carbons (Fsp3) is 0.316. The molecule has 0 radical (unpaired) electrons. The number of phenols is 2. The Balaban J connectivity index is 0.000000274. The maximum Gasteiger partial charge on any atom is 0.265 e. The number of ether oxygens (including phenoxy) is 2. The highest BCUT2D eigenvalue weighted by Crippen LogP contribution is 2.40. The third kappa shape index (κ3) is 10.8. The average molecular weight is 765 g/mol. The first-order valence-electron chi connectivity index (χ1n) is 15.9. The number of hydrogen-bond donors (Lipinski definition) is 4. The van der Waals surface area contributed by atoms with Crippen molar-refractivity contribution in [2.45, 2.75) is 73.8 Å². The lowest BCUT2D eigenvalue weighted by molar-refractivity contribution is -0.123. The normalized spacial score (nSPS) is 11.3. The Labute approximate surface area is 313 Å². The van der Waals surface area contributed by atoms with Crippen molar-refractivity contribution >= 4 is 69.6 Å². The summed E-state index contributed by atoms with van der Waals surface area (Å²) < 4.78 is 11.5. The number of carbonyl (C=O) groups excluding carboxylic acids is 2. The Hall–Kier alpha value is -3.82. The van der Waals surface area contributed by atoms with Crippen molar-refractivity contribution in [2.75, 3.05) is 17.2 Å². The number of aromatic hydroxyl groups is 2. The molecule has 0 aromatic heterocycles. The summed E-state index contributed by atoms with van der Waals surface area (Å²) in [4.78, 5) is 24.8. The molecule has 0 saturated heterocycles. The van der Waals surface area contributed by atoms with Crippen LogP contribution in [0.1, 0.15) is 59.6 Å². The van der Waals surface area contributed by atoms with Gasteiger partial charge in [0.2, 0.25) is 0 Å². The molecule has 1 unspecified atom stereocenters. The zero-order valence-electron chi connectivity index (χ0n) is 29.1.